The molecule has 2 aromatic rings. The number of rotatable bonds is 5. The second kappa shape index (κ2) is 6.68. The Morgan fingerprint density at radius 2 is 1.72 bits per heavy atom. The minimum absolute atomic E-state index is 0.0309. The number of para-hydroxylation sites is 1. The lowest BCUT2D eigenvalue weighted by Gasteiger charge is -2.18. The van der Waals surface area contributed by atoms with Gasteiger partial charge in [-0.05, 0) is 18.2 Å². The fourth-order valence-corrected chi connectivity index (χ4v) is 4.15. The first-order chi connectivity index (χ1) is 11.9. The van der Waals surface area contributed by atoms with Gasteiger partial charge in [0.15, 0.2) is 9.84 Å². The lowest BCUT2D eigenvalue weighted by Crippen LogP contribution is -2.38. The molecule has 0 fully saturated rings. The Balaban J connectivity index is 1.83. The molecule has 0 unspecified atom stereocenters. The van der Waals surface area contributed by atoms with Crippen molar-refractivity contribution in [3.8, 4) is 0 Å². The molecule has 1 atom stereocenters. The first kappa shape index (κ1) is 17.2. The normalized spacial score (nSPS) is 16.6. The lowest BCUT2D eigenvalue weighted by atomic mass is 10.1. The summed E-state index contributed by atoms with van der Waals surface area (Å²) in [5.41, 5.74) is 1.31. The largest absolute Gasteiger partial charge is 0.341 e. The molecule has 1 aliphatic rings. The second-order valence-electron chi connectivity index (χ2n) is 5.81. The third-order valence-electron chi connectivity index (χ3n) is 4.09. The van der Waals surface area contributed by atoms with Crippen LogP contribution in [-0.2, 0) is 19.4 Å². The molecule has 7 heteroatoms. The van der Waals surface area contributed by atoms with Gasteiger partial charge < -0.3 is 10.2 Å². The molecule has 1 aliphatic heterocycles. The number of amides is 2. The number of hydrogen-bond donors (Lipinski definition) is 1. The van der Waals surface area contributed by atoms with Gasteiger partial charge in [-0.1, -0.05) is 36.4 Å². The number of carbonyl (C=O) groups is 2. The maximum atomic E-state index is 12.7. The number of hydrogen-bond acceptors (Lipinski definition) is 4. The standard InChI is InChI=1S/C18H18N2O4S/c1-13(21)19-17-15-9-5-6-10-16(15)20(18(17)22)11-12-25(23,24)14-7-3-2-4-8-14/h2-10,17H,11-12H2,1H3,(H,19,21)/t17-/m1/s1. The van der Waals surface area contributed by atoms with Crippen molar-refractivity contribution < 1.29 is 18.0 Å². The highest BCUT2D eigenvalue weighted by molar-refractivity contribution is 7.91. The van der Waals surface area contributed by atoms with Crippen LogP contribution in [0.4, 0.5) is 5.69 Å². The van der Waals surface area contributed by atoms with Crippen LogP contribution in [-0.4, -0.2) is 32.5 Å². The number of carbonyl (C=O) groups excluding carboxylic acids is 2. The van der Waals surface area contributed by atoms with Gasteiger partial charge in [0.1, 0.15) is 6.04 Å². The Morgan fingerprint density at radius 3 is 2.40 bits per heavy atom. The molecule has 0 spiro atoms. The van der Waals surface area contributed by atoms with Crippen molar-refractivity contribution in [2.45, 2.75) is 17.9 Å². The maximum Gasteiger partial charge on any atom is 0.254 e. The van der Waals surface area contributed by atoms with Crippen LogP contribution in [0.25, 0.3) is 0 Å². The van der Waals surface area contributed by atoms with Crippen molar-refractivity contribution in [3.63, 3.8) is 0 Å². The molecule has 130 valence electrons. The van der Waals surface area contributed by atoms with Crippen LogP contribution in [0.2, 0.25) is 0 Å². The van der Waals surface area contributed by atoms with Gasteiger partial charge in [0.05, 0.1) is 10.6 Å². The van der Waals surface area contributed by atoms with Crippen LogP contribution < -0.4 is 10.2 Å². The van der Waals surface area contributed by atoms with Gasteiger partial charge in [0.25, 0.3) is 5.91 Å². The summed E-state index contributed by atoms with van der Waals surface area (Å²) in [6, 6.07) is 14.5. The first-order valence-corrected chi connectivity index (χ1v) is 9.50. The summed E-state index contributed by atoms with van der Waals surface area (Å²) in [4.78, 5) is 25.7. The molecular weight excluding hydrogens is 340 g/mol. The first-order valence-electron chi connectivity index (χ1n) is 7.85. The average Bonchev–Trinajstić information content (AvgIpc) is 2.86. The summed E-state index contributed by atoms with van der Waals surface area (Å²) in [6.07, 6.45) is 0. The molecule has 0 bridgehead atoms. The topological polar surface area (TPSA) is 83.6 Å². The Labute approximate surface area is 146 Å². The van der Waals surface area contributed by atoms with Crippen LogP contribution >= 0.6 is 0 Å². The minimum Gasteiger partial charge on any atom is -0.341 e. The fourth-order valence-electron chi connectivity index (χ4n) is 2.92. The average molecular weight is 358 g/mol. The molecule has 0 aliphatic carbocycles. The third-order valence-corrected chi connectivity index (χ3v) is 5.80. The summed E-state index contributed by atoms with van der Waals surface area (Å²) >= 11 is 0. The Hall–Kier alpha value is -2.67. The molecule has 2 aromatic carbocycles. The number of anilines is 1. The van der Waals surface area contributed by atoms with Gasteiger partial charge in [-0.25, -0.2) is 8.42 Å². The van der Waals surface area contributed by atoms with Gasteiger partial charge in [-0.15, -0.1) is 0 Å². The number of sulfone groups is 1. The van der Waals surface area contributed by atoms with Crippen molar-refractivity contribution in [2.75, 3.05) is 17.2 Å². The highest BCUT2D eigenvalue weighted by Gasteiger charge is 2.37. The molecule has 1 N–H and O–H groups in total. The van der Waals surface area contributed by atoms with Gasteiger partial charge >= 0.3 is 0 Å². The summed E-state index contributed by atoms with van der Waals surface area (Å²) in [5.74, 6) is -0.823. The SMILES string of the molecule is CC(=O)N[C@H]1C(=O)N(CCS(=O)(=O)c2ccccc2)c2ccccc21. The monoisotopic (exact) mass is 358 g/mol. The maximum absolute atomic E-state index is 12.7. The summed E-state index contributed by atoms with van der Waals surface area (Å²) < 4.78 is 24.9. The number of nitrogens with one attached hydrogen (secondary N) is 1. The van der Waals surface area contributed by atoms with Crippen molar-refractivity contribution in [1.29, 1.82) is 0 Å². The quantitative estimate of drug-likeness (QED) is 0.881. The zero-order valence-corrected chi connectivity index (χ0v) is 14.5. The van der Waals surface area contributed by atoms with E-state index in [1.807, 2.05) is 0 Å². The number of benzene rings is 2. The van der Waals surface area contributed by atoms with E-state index in [-0.39, 0.29) is 29.0 Å². The summed E-state index contributed by atoms with van der Waals surface area (Å²) in [6.45, 7) is 1.38. The highest BCUT2D eigenvalue weighted by atomic mass is 32.2. The predicted octanol–water partition coefficient (Wildman–Crippen LogP) is 1.68. The minimum atomic E-state index is -3.50. The Morgan fingerprint density at radius 1 is 1.08 bits per heavy atom. The van der Waals surface area contributed by atoms with Crippen LogP contribution in [0.15, 0.2) is 59.5 Å². The van der Waals surface area contributed by atoms with Crippen molar-refractivity contribution in [2.24, 2.45) is 0 Å². The van der Waals surface area contributed by atoms with E-state index in [1.165, 1.54) is 24.0 Å². The van der Waals surface area contributed by atoms with Crippen LogP contribution in [0.1, 0.15) is 18.5 Å². The molecule has 6 nitrogen and oxygen atoms in total. The molecule has 0 saturated heterocycles. The molecular formula is C18H18N2O4S. The van der Waals surface area contributed by atoms with E-state index in [2.05, 4.69) is 5.32 Å². The van der Waals surface area contributed by atoms with E-state index in [1.54, 1.807) is 42.5 Å². The van der Waals surface area contributed by atoms with E-state index in [4.69, 9.17) is 0 Å². The van der Waals surface area contributed by atoms with Gasteiger partial charge in [0, 0.05) is 24.7 Å². The Kier molecular flexibility index (Phi) is 4.59. The molecule has 0 radical (unpaired) electrons. The molecule has 0 aromatic heterocycles. The summed E-state index contributed by atoms with van der Waals surface area (Å²) in [7, 11) is -3.50. The molecule has 2 amide bonds. The van der Waals surface area contributed by atoms with Gasteiger partial charge in [-0.3, -0.25) is 9.59 Å². The van der Waals surface area contributed by atoms with Gasteiger partial charge in [-0.2, -0.15) is 0 Å². The van der Waals surface area contributed by atoms with Crippen LogP contribution in [0.3, 0.4) is 0 Å². The van der Waals surface area contributed by atoms with Crippen LogP contribution in [0, 0.1) is 0 Å². The molecule has 25 heavy (non-hydrogen) atoms. The second-order valence-corrected chi connectivity index (χ2v) is 7.92. The zero-order chi connectivity index (χ0) is 18.0. The predicted molar refractivity (Wildman–Crippen MR) is 93.8 cm³/mol. The van der Waals surface area contributed by atoms with E-state index < -0.39 is 15.9 Å². The zero-order valence-electron chi connectivity index (χ0n) is 13.7. The Bertz CT molecular complexity index is 910. The molecule has 1 heterocycles. The number of nitrogens with zero attached hydrogens (tertiary/aromatic N) is 1. The van der Waals surface area contributed by atoms with Crippen molar-refractivity contribution >= 4 is 27.3 Å². The smallest absolute Gasteiger partial charge is 0.254 e. The summed E-state index contributed by atoms with van der Waals surface area (Å²) in [5, 5.41) is 2.63. The van der Waals surface area contributed by atoms with Gasteiger partial charge in [0.2, 0.25) is 5.91 Å². The highest BCUT2D eigenvalue weighted by Crippen LogP contribution is 2.35. The van der Waals surface area contributed by atoms with Crippen molar-refractivity contribution in [1.82, 2.24) is 5.32 Å². The number of fused-ring (bicyclic) bond motifs is 1. The fraction of sp³-hybridized carbons (Fsp3) is 0.222. The van der Waals surface area contributed by atoms with E-state index in [0.29, 0.717) is 11.3 Å². The van der Waals surface area contributed by atoms with E-state index in [9.17, 15) is 18.0 Å². The lowest BCUT2D eigenvalue weighted by molar-refractivity contribution is -0.126. The molecule has 3 rings (SSSR count). The van der Waals surface area contributed by atoms with Crippen LogP contribution in [0.5, 0.6) is 0 Å². The molecule has 0 saturated carbocycles. The van der Waals surface area contributed by atoms with E-state index >= 15 is 0 Å². The van der Waals surface area contributed by atoms with Crippen molar-refractivity contribution in [3.05, 3.63) is 60.2 Å². The third kappa shape index (κ3) is 3.41. The van der Waals surface area contributed by atoms with E-state index in [0.717, 1.165) is 0 Å².